The molecule has 2 N–H and O–H groups in total. The zero-order valence-corrected chi connectivity index (χ0v) is 15.4. The van der Waals surface area contributed by atoms with Crippen LogP contribution in [0.1, 0.15) is 44.2 Å². The van der Waals surface area contributed by atoms with Crippen LogP contribution in [0.4, 0.5) is 0 Å². The van der Waals surface area contributed by atoms with Gasteiger partial charge in [0.1, 0.15) is 5.75 Å². The van der Waals surface area contributed by atoms with Crippen molar-refractivity contribution in [2.75, 3.05) is 6.54 Å². The summed E-state index contributed by atoms with van der Waals surface area (Å²) in [7, 11) is 0. The summed E-state index contributed by atoms with van der Waals surface area (Å²) in [5, 5.41) is 15.1. The Bertz CT molecular complexity index is 648. The van der Waals surface area contributed by atoms with Crippen molar-refractivity contribution in [2.24, 2.45) is 0 Å². The Kier molecular flexibility index (Phi) is 6.02. The van der Waals surface area contributed by atoms with Crippen LogP contribution in [0.5, 0.6) is 5.75 Å². The van der Waals surface area contributed by atoms with Gasteiger partial charge in [-0.1, -0.05) is 18.2 Å². The van der Waals surface area contributed by atoms with E-state index in [1.165, 1.54) is 0 Å². The minimum atomic E-state index is -0.749. The average molecular weight is 347 g/mol. The van der Waals surface area contributed by atoms with E-state index in [2.05, 4.69) is 5.32 Å². The highest BCUT2D eigenvalue weighted by molar-refractivity contribution is 7.10. The molecule has 1 atom stereocenters. The normalized spacial score (nSPS) is 12.9. The largest absolute Gasteiger partial charge is 0.491 e. The molecule has 1 amide bonds. The van der Waals surface area contributed by atoms with Crippen LogP contribution in [0.25, 0.3) is 0 Å². The van der Waals surface area contributed by atoms with Crippen LogP contribution in [0.15, 0.2) is 41.8 Å². The Morgan fingerprint density at radius 3 is 2.46 bits per heavy atom. The molecule has 0 aliphatic heterocycles. The predicted octanol–water partition coefficient (Wildman–Crippen LogP) is 3.66. The third kappa shape index (κ3) is 4.58. The molecule has 0 fully saturated rings. The van der Waals surface area contributed by atoms with E-state index in [-0.39, 0.29) is 18.6 Å². The number of rotatable bonds is 7. The number of hydrogen-bond acceptors (Lipinski definition) is 4. The number of hydrogen-bond donors (Lipinski definition) is 2. The number of ether oxygens (including phenoxy) is 1. The van der Waals surface area contributed by atoms with E-state index in [0.29, 0.717) is 0 Å². The zero-order chi connectivity index (χ0) is 17.7. The van der Waals surface area contributed by atoms with Crippen molar-refractivity contribution in [3.8, 4) is 5.75 Å². The van der Waals surface area contributed by atoms with Crippen molar-refractivity contribution in [2.45, 2.75) is 45.3 Å². The van der Waals surface area contributed by atoms with E-state index in [4.69, 9.17) is 4.74 Å². The molecule has 1 heterocycles. The fourth-order valence-corrected chi connectivity index (χ4v) is 3.16. The van der Waals surface area contributed by atoms with E-state index in [9.17, 15) is 9.90 Å². The summed E-state index contributed by atoms with van der Waals surface area (Å²) in [6, 6.07) is 11.2. The topological polar surface area (TPSA) is 58.6 Å². The number of aliphatic hydroxyl groups excluding tert-OH is 1. The number of benzene rings is 1. The smallest absolute Gasteiger partial charge is 0.231 e. The molecule has 0 spiro atoms. The van der Waals surface area contributed by atoms with Crippen molar-refractivity contribution in [1.29, 1.82) is 0 Å². The molecule has 0 radical (unpaired) electrons. The Labute approximate surface area is 147 Å². The first-order valence-corrected chi connectivity index (χ1v) is 8.95. The second-order valence-corrected chi connectivity index (χ2v) is 7.51. The second kappa shape index (κ2) is 7.81. The highest BCUT2D eigenvalue weighted by Gasteiger charge is 2.30. The molecule has 2 aromatic rings. The maximum Gasteiger partial charge on any atom is 0.231 e. The van der Waals surface area contributed by atoms with Gasteiger partial charge in [-0.2, -0.15) is 0 Å². The first kappa shape index (κ1) is 18.5. The number of carbonyl (C=O) groups is 1. The van der Waals surface area contributed by atoms with Crippen LogP contribution in [-0.4, -0.2) is 23.7 Å². The lowest BCUT2D eigenvalue weighted by molar-refractivity contribution is -0.126. The van der Waals surface area contributed by atoms with E-state index in [1.54, 1.807) is 11.3 Å². The summed E-state index contributed by atoms with van der Waals surface area (Å²) in [6.07, 6.45) is -0.638. The molecule has 0 saturated heterocycles. The van der Waals surface area contributed by atoms with Gasteiger partial charge in [-0.3, -0.25) is 4.79 Å². The lowest BCUT2D eigenvalue weighted by Crippen LogP contribution is -2.41. The third-order valence-electron chi connectivity index (χ3n) is 3.80. The zero-order valence-electron chi connectivity index (χ0n) is 14.6. The predicted molar refractivity (Wildman–Crippen MR) is 97.5 cm³/mol. The second-order valence-electron chi connectivity index (χ2n) is 6.56. The van der Waals surface area contributed by atoms with Crippen LogP contribution in [0.3, 0.4) is 0 Å². The molecule has 0 unspecified atom stereocenters. The minimum absolute atomic E-state index is 0.0937. The van der Waals surface area contributed by atoms with Gasteiger partial charge in [-0.15, -0.1) is 11.3 Å². The lowest BCUT2D eigenvalue weighted by Gasteiger charge is -2.23. The number of carbonyl (C=O) groups excluding carboxylic acids is 1. The average Bonchev–Trinajstić information content (AvgIpc) is 3.07. The molecular formula is C19H25NO3S. The molecule has 130 valence electrons. The van der Waals surface area contributed by atoms with Gasteiger partial charge in [0, 0.05) is 11.4 Å². The van der Waals surface area contributed by atoms with Gasteiger partial charge in [0.25, 0.3) is 0 Å². The van der Waals surface area contributed by atoms with Crippen LogP contribution >= 0.6 is 11.3 Å². The van der Waals surface area contributed by atoms with Crippen LogP contribution in [0, 0.1) is 0 Å². The fraction of sp³-hybridized carbons (Fsp3) is 0.421. The molecule has 0 saturated carbocycles. The van der Waals surface area contributed by atoms with Gasteiger partial charge in [-0.25, -0.2) is 0 Å². The molecule has 4 nitrogen and oxygen atoms in total. The number of amides is 1. The summed E-state index contributed by atoms with van der Waals surface area (Å²) in [5.74, 6) is 0.674. The molecule has 1 aromatic heterocycles. The minimum Gasteiger partial charge on any atom is -0.491 e. The molecule has 0 aliphatic carbocycles. The van der Waals surface area contributed by atoms with Gasteiger partial charge >= 0.3 is 0 Å². The van der Waals surface area contributed by atoms with Gasteiger partial charge in [-0.05, 0) is 56.8 Å². The van der Waals surface area contributed by atoms with Gasteiger partial charge < -0.3 is 15.2 Å². The Balaban J connectivity index is 1.92. The van der Waals surface area contributed by atoms with Gasteiger partial charge in [0.2, 0.25) is 5.91 Å². The molecule has 1 aromatic carbocycles. The summed E-state index contributed by atoms with van der Waals surface area (Å²) < 4.78 is 5.58. The van der Waals surface area contributed by atoms with E-state index < -0.39 is 11.5 Å². The number of aliphatic hydroxyl groups is 1. The maximum atomic E-state index is 12.4. The first-order chi connectivity index (χ1) is 11.3. The summed E-state index contributed by atoms with van der Waals surface area (Å²) in [5.41, 5.74) is 0.142. The van der Waals surface area contributed by atoms with Crippen LogP contribution in [-0.2, 0) is 10.2 Å². The van der Waals surface area contributed by atoms with Gasteiger partial charge in [0.05, 0.1) is 17.6 Å². The molecule has 24 heavy (non-hydrogen) atoms. The summed E-state index contributed by atoms with van der Waals surface area (Å²) in [4.78, 5) is 13.4. The van der Waals surface area contributed by atoms with E-state index in [1.807, 2.05) is 69.5 Å². The maximum absolute atomic E-state index is 12.4. The van der Waals surface area contributed by atoms with Crippen molar-refractivity contribution in [3.63, 3.8) is 0 Å². The Morgan fingerprint density at radius 2 is 1.92 bits per heavy atom. The van der Waals surface area contributed by atoms with Crippen molar-refractivity contribution in [1.82, 2.24) is 5.32 Å². The highest BCUT2D eigenvalue weighted by atomic mass is 32.1. The van der Waals surface area contributed by atoms with E-state index in [0.717, 1.165) is 16.2 Å². The molecule has 0 aliphatic rings. The number of thiophene rings is 1. The first-order valence-electron chi connectivity index (χ1n) is 8.07. The van der Waals surface area contributed by atoms with Crippen molar-refractivity contribution in [3.05, 3.63) is 52.2 Å². The van der Waals surface area contributed by atoms with Crippen molar-refractivity contribution < 1.29 is 14.6 Å². The SMILES string of the molecule is CC(C)Oc1ccc([C@@H](O)CNC(=O)C(C)(C)c2cccs2)cc1. The summed E-state index contributed by atoms with van der Waals surface area (Å²) >= 11 is 1.56. The molecule has 0 bridgehead atoms. The Morgan fingerprint density at radius 1 is 1.25 bits per heavy atom. The van der Waals surface area contributed by atoms with Crippen LogP contribution < -0.4 is 10.1 Å². The van der Waals surface area contributed by atoms with Crippen molar-refractivity contribution >= 4 is 17.2 Å². The van der Waals surface area contributed by atoms with Gasteiger partial charge in [0.15, 0.2) is 0 Å². The third-order valence-corrected chi connectivity index (χ3v) is 4.99. The summed E-state index contributed by atoms with van der Waals surface area (Å²) in [6.45, 7) is 7.89. The number of nitrogens with one attached hydrogen (secondary N) is 1. The Hall–Kier alpha value is -1.85. The molecular weight excluding hydrogens is 322 g/mol. The molecule has 2 rings (SSSR count). The standard InChI is InChI=1S/C19H25NO3S/c1-13(2)23-15-9-7-14(8-10-15)16(21)12-20-18(22)19(3,4)17-6-5-11-24-17/h5-11,13,16,21H,12H2,1-4H3,(H,20,22)/t16-/m0/s1. The van der Waals surface area contributed by atoms with E-state index >= 15 is 0 Å². The quantitative estimate of drug-likeness (QED) is 0.803. The molecule has 5 heteroatoms. The monoisotopic (exact) mass is 347 g/mol. The fourth-order valence-electron chi connectivity index (χ4n) is 2.31. The highest BCUT2D eigenvalue weighted by Crippen LogP contribution is 2.27. The lowest BCUT2D eigenvalue weighted by atomic mass is 9.90. The van der Waals surface area contributed by atoms with Crippen LogP contribution in [0.2, 0.25) is 0 Å².